The van der Waals surface area contributed by atoms with Crippen molar-refractivity contribution in [2.24, 2.45) is 4.99 Å². The van der Waals surface area contributed by atoms with Gasteiger partial charge in [-0.2, -0.15) is 10.5 Å². The highest BCUT2D eigenvalue weighted by molar-refractivity contribution is 8.13. The number of amidine groups is 1. The third-order valence-corrected chi connectivity index (χ3v) is 2.47. The lowest BCUT2D eigenvalue weighted by atomic mass is 10.2. The van der Waals surface area contributed by atoms with E-state index in [2.05, 4.69) is 10.3 Å². The largest absolute Gasteiger partial charge is 0.271 e. The number of hydrogen-bond acceptors (Lipinski definition) is 4. The first-order valence-corrected chi connectivity index (χ1v) is 5.79. The monoisotopic (exact) mass is 250 g/mol. The number of halogens is 1. The minimum Gasteiger partial charge on any atom is -0.271 e. The molecule has 1 N–H and O–H groups in total. The first-order valence-electron chi connectivity index (χ1n) is 4.18. The van der Waals surface area contributed by atoms with Crippen molar-refractivity contribution in [1.29, 1.82) is 10.5 Å². The zero-order valence-corrected chi connectivity index (χ0v) is 9.93. The molecule has 0 aliphatic heterocycles. The van der Waals surface area contributed by atoms with Gasteiger partial charge in [-0.15, -0.1) is 0 Å². The fraction of sp³-hybridized carbons (Fsp3) is 0.100. The smallest absolute Gasteiger partial charge is 0.183 e. The van der Waals surface area contributed by atoms with Crippen molar-refractivity contribution in [2.75, 3.05) is 6.26 Å². The van der Waals surface area contributed by atoms with Crippen molar-refractivity contribution in [1.82, 2.24) is 5.32 Å². The van der Waals surface area contributed by atoms with Crippen LogP contribution in [0, 0.1) is 22.8 Å². The van der Waals surface area contributed by atoms with Gasteiger partial charge >= 0.3 is 0 Å². The molecule has 0 atom stereocenters. The lowest BCUT2D eigenvalue weighted by Gasteiger charge is -2.01. The second-order valence-corrected chi connectivity index (χ2v) is 3.86. The Morgan fingerprint density at radius 3 is 2.81 bits per heavy atom. The summed E-state index contributed by atoms with van der Waals surface area (Å²) in [5.41, 5.74) is 0.859. The highest BCUT2D eigenvalue weighted by Gasteiger charge is 2.03. The molecule has 0 aromatic heterocycles. The maximum absolute atomic E-state index is 8.89. The Labute approximate surface area is 103 Å². The average molecular weight is 251 g/mol. The Morgan fingerprint density at radius 2 is 2.25 bits per heavy atom. The van der Waals surface area contributed by atoms with Crippen LogP contribution >= 0.6 is 23.4 Å². The Bertz CT molecular complexity index is 499. The van der Waals surface area contributed by atoms with E-state index in [0.29, 0.717) is 21.4 Å². The molecular weight excluding hydrogens is 244 g/mol. The Kier molecular flexibility index (Phi) is 4.65. The van der Waals surface area contributed by atoms with Crippen molar-refractivity contribution in [3.05, 3.63) is 28.8 Å². The van der Waals surface area contributed by atoms with E-state index in [-0.39, 0.29) is 0 Å². The van der Waals surface area contributed by atoms with Gasteiger partial charge in [0.25, 0.3) is 0 Å². The summed E-state index contributed by atoms with van der Waals surface area (Å²) in [6.07, 6.45) is 3.56. The molecule has 0 fully saturated rings. The maximum Gasteiger partial charge on any atom is 0.183 e. The van der Waals surface area contributed by atoms with Crippen LogP contribution in [0.2, 0.25) is 5.02 Å². The number of nitriles is 2. The highest BCUT2D eigenvalue weighted by atomic mass is 35.5. The third kappa shape index (κ3) is 3.16. The third-order valence-electron chi connectivity index (χ3n) is 1.66. The number of benzene rings is 1. The van der Waals surface area contributed by atoms with E-state index < -0.39 is 0 Å². The van der Waals surface area contributed by atoms with Crippen molar-refractivity contribution in [3.63, 3.8) is 0 Å². The second-order valence-electron chi connectivity index (χ2n) is 2.63. The summed E-state index contributed by atoms with van der Waals surface area (Å²) in [6.45, 7) is 0. The van der Waals surface area contributed by atoms with Gasteiger partial charge < -0.3 is 0 Å². The fourth-order valence-corrected chi connectivity index (χ4v) is 1.49. The van der Waals surface area contributed by atoms with Gasteiger partial charge in [-0.1, -0.05) is 23.4 Å². The van der Waals surface area contributed by atoms with Gasteiger partial charge in [-0.05, 0) is 24.5 Å². The van der Waals surface area contributed by atoms with Gasteiger partial charge in [0, 0.05) is 5.02 Å². The summed E-state index contributed by atoms with van der Waals surface area (Å²) in [4.78, 5) is 4.14. The van der Waals surface area contributed by atoms with Crippen LogP contribution < -0.4 is 5.32 Å². The van der Waals surface area contributed by atoms with E-state index in [4.69, 9.17) is 22.1 Å². The molecule has 0 aliphatic rings. The minimum absolute atomic E-state index is 0.374. The molecule has 0 aliphatic carbocycles. The standard InChI is InChI=1S/C10H7ClN4S/c1-16-10(14-6-13)15-9-3-2-8(11)4-7(9)5-12/h2-4H,1H3,(H,14,15). The van der Waals surface area contributed by atoms with Crippen LogP contribution in [0.25, 0.3) is 0 Å². The van der Waals surface area contributed by atoms with E-state index in [1.54, 1.807) is 24.6 Å². The van der Waals surface area contributed by atoms with Crippen molar-refractivity contribution in [2.45, 2.75) is 0 Å². The molecule has 6 heteroatoms. The normalized spacial score (nSPS) is 10.4. The number of aliphatic imine (C=N–C) groups is 1. The lowest BCUT2D eigenvalue weighted by molar-refractivity contribution is 1.28. The van der Waals surface area contributed by atoms with Gasteiger partial charge in [0.1, 0.15) is 6.07 Å². The molecule has 0 radical (unpaired) electrons. The van der Waals surface area contributed by atoms with Gasteiger partial charge in [0.05, 0.1) is 11.3 Å². The first-order chi connectivity index (χ1) is 7.71. The van der Waals surface area contributed by atoms with E-state index >= 15 is 0 Å². The summed E-state index contributed by atoms with van der Waals surface area (Å²) < 4.78 is 0. The van der Waals surface area contributed by atoms with Gasteiger partial charge in [-0.25, -0.2) is 4.99 Å². The molecule has 0 spiro atoms. The Balaban J connectivity index is 3.15. The van der Waals surface area contributed by atoms with E-state index in [1.165, 1.54) is 17.8 Å². The van der Waals surface area contributed by atoms with E-state index in [1.807, 2.05) is 6.07 Å². The molecule has 1 aromatic rings. The van der Waals surface area contributed by atoms with Gasteiger partial charge in [-0.3, -0.25) is 5.32 Å². The SMILES string of the molecule is CSC(=Nc1ccc(Cl)cc1C#N)NC#N. The molecule has 0 heterocycles. The topological polar surface area (TPSA) is 72.0 Å². The number of nitrogens with one attached hydrogen (secondary N) is 1. The molecule has 0 amide bonds. The molecule has 0 bridgehead atoms. The molecule has 0 saturated carbocycles. The molecule has 4 nitrogen and oxygen atoms in total. The maximum atomic E-state index is 8.89. The first kappa shape index (κ1) is 12.4. The summed E-state index contributed by atoms with van der Waals surface area (Å²) in [6, 6.07) is 6.81. The van der Waals surface area contributed by atoms with Crippen LogP contribution in [0.15, 0.2) is 23.2 Å². The van der Waals surface area contributed by atoms with Crippen molar-refractivity contribution in [3.8, 4) is 12.3 Å². The lowest BCUT2D eigenvalue weighted by Crippen LogP contribution is -2.12. The highest BCUT2D eigenvalue weighted by Crippen LogP contribution is 2.23. The van der Waals surface area contributed by atoms with Crippen molar-refractivity contribution < 1.29 is 0 Å². The van der Waals surface area contributed by atoms with Crippen LogP contribution in [-0.4, -0.2) is 11.4 Å². The van der Waals surface area contributed by atoms with Crippen LogP contribution in [0.4, 0.5) is 5.69 Å². The van der Waals surface area contributed by atoms with Gasteiger partial charge in [0.15, 0.2) is 11.4 Å². The number of thioether (sulfide) groups is 1. The molecule has 1 aromatic carbocycles. The van der Waals surface area contributed by atoms with Crippen molar-refractivity contribution >= 4 is 34.2 Å². The molecule has 0 saturated heterocycles. The molecule has 80 valence electrons. The van der Waals surface area contributed by atoms with Crippen LogP contribution in [0.5, 0.6) is 0 Å². The average Bonchev–Trinajstić information content (AvgIpc) is 2.30. The molecule has 1 rings (SSSR count). The predicted molar refractivity (Wildman–Crippen MR) is 65.5 cm³/mol. The summed E-state index contributed by atoms with van der Waals surface area (Å²) >= 11 is 7.04. The Hall–Kier alpha value is -1.69. The summed E-state index contributed by atoms with van der Waals surface area (Å²) in [7, 11) is 0. The van der Waals surface area contributed by atoms with Gasteiger partial charge in [0.2, 0.25) is 0 Å². The van der Waals surface area contributed by atoms with E-state index in [9.17, 15) is 0 Å². The summed E-state index contributed by atoms with van der Waals surface area (Å²) in [5, 5.41) is 20.7. The zero-order chi connectivity index (χ0) is 12.0. The van der Waals surface area contributed by atoms with Crippen LogP contribution in [0.1, 0.15) is 5.56 Å². The minimum atomic E-state index is 0.374. The number of rotatable bonds is 1. The number of hydrogen-bond donors (Lipinski definition) is 1. The quantitative estimate of drug-likeness (QED) is 0.360. The van der Waals surface area contributed by atoms with Crippen LogP contribution in [-0.2, 0) is 0 Å². The van der Waals surface area contributed by atoms with E-state index in [0.717, 1.165) is 0 Å². The molecule has 16 heavy (non-hydrogen) atoms. The molecular formula is C10H7ClN4S. The number of nitrogens with zero attached hydrogens (tertiary/aromatic N) is 3. The Morgan fingerprint density at radius 1 is 1.50 bits per heavy atom. The second kappa shape index (κ2) is 6.02. The molecule has 0 unspecified atom stereocenters. The zero-order valence-electron chi connectivity index (χ0n) is 8.36. The fourth-order valence-electron chi connectivity index (χ4n) is 0.977. The van der Waals surface area contributed by atoms with Crippen LogP contribution in [0.3, 0.4) is 0 Å². The predicted octanol–water partition coefficient (Wildman–Crippen LogP) is 2.63. The summed E-state index contributed by atoms with van der Waals surface area (Å²) in [5.74, 6) is 0.